The van der Waals surface area contributed by atoms with Crippen LogP contribution in [-0.4, -0.2) is 13.7 Å². The molecule has 3 heteroatoms. The zero-order valence-corrected chi connectivity index (χ0v) is 11.7. The number of benzene rings is 2. The minimum atomic E-state index is 0.249. The van der Waals surface area contributed by atoms with Gasteiger partial charge in [0.15, 0.2) is 0 Å². The Morgan fingerprint density at radius 2 is 1.79 bits per heavy atom. The molecule has 0 unspecified atom stereocenters. The molecule has 0 saturated heterocycles. The van der Waals surface area contributed by atoms with E-state index in [4.69, 9.17) is 22.1 Å². The van der Waals surface area contributed by atoms with Gasteiger partial charge in [0.1, 0.15) is 5.75 Å². The number of halogens is 1. The molecule has 0 aliphatic heterocycles. The highest BCUT2D eigenvalue weighted by molar-refractivity contribution is 6.30. The number of hydrogen-bond acceptors (Lipinski definition) is 2. The van der Waals surface area contributed by atoms with Gasteiger partial charge < -0.3 is 10.5 Å². The molecule has 0 radical (unpaired) electrons. The summed E-state index contributed by atoms with van der Waals surface area (Å²) in [5.41, 5.74) is 8.14. The third-order valence-corrected chi connectivity index (χ3v) is 3.44. The Labute approximate surface area is 119 Å². The molecule has 0 heterocycles. The van der Waals surface area contributed by atoms with E-state index in [0.717, 1.165) is 17.2 Å². The molecule has 100 valence electrons. The normalized spacial score (nSPS) is 12.2. The zero-order valence-electron chi connectivity index (χ0n) is 11.0. The van der Waals surface area contributed by atoms with E-state index in [0.29, 0.717) is 6.54 Å². The molecule has 0 bridgehead atoms. The van der Waals surface area contributed by atoms with Gasteiger partial charge in [-0.25, -0.2) is 0 Å². The van der Waals surface area contributed by atoms with Gasteiger partial charge in [-0.05, 0) is 48.4 Å². The van der Waals surface area contributed by atoms with Gasteiger partial charge in [-0.1, -0.05) is 35.9 Å². The van der Waals surface area contributed by atoms with Crippen LogP contribution in [0.3, 0.4) is 0 Å². The molecule has 0 spiro atoms. The quantitative estimate of drug-likeness (QED) is 0.900. The average molecular weight is 276 g/mol. The third-order valence-electron chi connectivity index (χ3n) is 3.20. The maximum Gasteiger partial charge on any atom is 0.119 e. The lowest BCUT2D eigenvalue weighted by Gasteiger charge is -2.18. The van der Waals surface area contributed by atoms with Crippen LogP contribution in [0.1, 0.15) is 23.5 Å². The van der Waals surface area contributed by atoms with Crippen molar-refractivity contribution in [2.75, 3.05) is 13.7 Å². The fourth-order valence-electron chi connectivity index (χ4n) is 2.27. The number of methoxy groups -OCH3 is 1. The van der Waals surface area contributed by atoms with Crippen molar-refractivity contribution in [2.45, 2.75) is 12.3 Å². The summed E-state index contributed by atoms with van der Waals surface area (Å²) in [6.45, 7) is 0.633. The van der Waals surface area contributed by atoms with Crippen LogP contribution in [0.25, 0.3) is 0 Å². The average Bonchev–Trinajstić information content (AvgIpc) is 2.45. The molecule has 1 atom stereocenters. The summed E-state index contributed by atoms with van der Waals surface area (Å²) in [5.74, 6) is 1.11. The minimum absolute atomic E-state index is 0.249. The van der Waals surface area contributed by atoms with Crippen molar-refractivity contribution >= 4 is 11.6 Å². The molecule has 2 aromatic carbocycles. The van der Waals surface area contributed by atoms with Crippen molar-refractivity contribution in [1.29, 1.82) is 0 Å². The maximum atomic E-state index is 6.08. The molecular formula is C16H18ClNO. The van der Waals surface area contributed by atoms with Gasteiger partial charge in [0.25, 0.3) is 0 Å². The highest BCUT2D eigenvalue weighted by Crippen LogP contribution is 2.31. The Morgan fingerprint density at radius 1 is 1.11 bits per heavy atom. The van der Waals surface area contributed by atoms with Crippen LogP contribution >= 0.6 is 11.6 Å². The van der Waals surface area contributed by atoms with Crippen molar-refractivity contribution in [2.24, 2.45) is 5.73 Å². The molecule has 0 aliphatic carbocycles. The first-order valence-corrected chi connectivity index (χ1v) is 6.72. The van der Waals surface area contributed by atoms with E-state index < -0.39 is 0 Å². The molecule has 0 fully saturated rings. The fraction of sp³-hybridized carbons (Fsp3) is 0.250. The maximum absolute atomic E-state index is 6.08. The van der Waals surface area contributed by atoms with E-state index in [-0.39, 0.29) is 5.92 Å². The van der Waals surface area contributed by atoms with Crippen LogP contribution in [0.15, 0.2) is 48.5 Å². The first-order chi connectivity index (χ1) is 9.24. The molecule has 2 aromatic rings. The smallest absolute Gasteiger partial charge is 0.119 e. The fourth-order valence-corrected chi connectivity index (χ4v) is 2.47. The number of ether oxygens (including phenoxy) is 1. The summed E-state index contributed by atoms with van der Waals surface area (Å²) in [5, 5.41) is 0.752. The first-order valence-electron chi connectivity index (χ1n) is 6.34. The van der Waals surface area contributed by atoms with E-state index >= 15 is 0 Å². The molecule has 2 rings (SSSR count). The topological polar surface area (TPSA) is 35.2 Å². The second kappa shape index (κ2) is 6.60. The van der Waals surface area contributed by atoms with Crippen molar-refractivity contribution in [1.82, 2.24) is 0 Å². The van der Waals surface area contributed by atoms with Gasteiger partial charge in [0.2, 0.25) is 0 Å². The van der Waals surface area contributed by atoms with E-state index in [1.165, 1.54) is 11.1 Å². The second-order valence-electron chi connectivity index (χ2n) is 4.46. The highest BCUT2D eigenvalue weighted by atomic mass is 35.5. The minimum Gasteiger partial charge on any atom is -0.497 e. The van der Waals surface area contributed by atoms with Crippen LogP contribution < -0.4 is 10.5 Å². The van der Waals surface area contributed by atoms with Crippen LogP contribution in [-0.2, 0) is 0 Å². The van der Waals surface area contributed by atoms with Gasteiger partial charge >= 0.3 is 0 Å². The summed E-state index contributed by atoms with van der Waals surface area (Å²) in [4.78, 5) is 0. The monoisotopic (exact) mass is 275 g/mol. The lowest BCUT2D eigenvalue weighted by atomic mass is 9.88. The lowest BCUT2D eigenvalue weighted by molar-refractivity contribution is 0.414. The van der Waals surface area contributed by atoms with Crippen LogP contribution in [0.2, 0.25) is 5.02 Å². The highest BCUT2D eigenvalue weighted by Gasteiger charge is 2.14. The molecule has 0 aromatic heterocycles. The largest absolute Gasteiger partial charge is 0.497 e. The molecule has 2 N–H and O–H groups in total. The zero-order chi connectivity index (χ0) is 13.7. The van der Waals surface area contributed by atoms with Gasteiger partial charge in [-0.3, -0.25) is 0 Å². The Balaban J connectivity index is 2.38. The van der Waals surface area contributed by atoms with Gasteiger partial charge in [0, 0.05) is 10.9 Å². The molecule has 19 heavy (non-hydrogen) atoms. The Morgan fingerprint density at radius 3 is 2.42 bits per heavy atom. The molecular weight excluding hydrogens is 258 g/mol. The number of rotatable bonds is 5. The number of nitrogens with two attached hydrogens (primary N) is 1. The SMILES string of the molecule is COc1cccc([C@@H](CCN)c2cccc(Cl)c2)c1. The first kappa shape index (κ1) is 13.9. The summed E-state index contributed by atoms with van der Waals surface area (Å²) in [6.07, 6.45) is 0.882. The van der Waals surface area contributed by atoms with Crippen molar-refractivity contribution in [3.05, 3.63) is 64.7 Å². The van der Waals surface area contributed by atoms with Crippen molar-refractivity contribution < 1.29 is 4.74 Å². The van der Waals surface area contributed by atoms with Crippen molar-refractivity contribution in [3.8, 4) is 5.75 Å². The predicted molar refractivity (Wildman–Crippen MR) is 80.0 cm³/mol. The van der Waals surface area contributed by atoms with E-state index in [2.05, 4.69) is 18.2 Å². The van der Waals surface area contributed by atoms with Crippen LogP contribution in [0.5, 0.6) is 5.75 Å². The predicted octanol–water partition coefficient (Wildman–Crippen LogP) is 3.83. The Kier molecular flexibility index (Phi) is 4.83. The van der Waals surface area contributed by atoms with Crippen LogP contribution in [0.4, 0.5) is 0 Å². The van der Waals surface area contributed by atoms with Gasteiger partial charge in [-0.15, -0.1) is 0 Å². The van der Waals surface area contributed by atoms with Gasteiger partial charge in [-0.2, -0.15) is 0 Å². The molecule has 2 nitrogen and oxygen atoms in total. The summed E-state index contributed by atoms with van der Waals surface area (Å²) in [7, 11) is 1.68. The van der Waals surface area contributed by atoms with E-state index in [1.54, 1.807) is 7.11 Å². The standard InChI is InChI=1S/C16H18ClNO/c1-19-15-7-3-5-13(11-15)16(8-9-18)12-4-2-6-14(17)10-12/h2-7,10-11,16H,8-9,18H2,1H3/t16-/m0/s1. The molecule has 0 aliphatic rings. The van der Waals surface area contributed by atoms with Crippen LogP contribution in [0, 0.1) is 0 Å². The second-order valence-corrected chi connectivity index (χ2v) is 4.90. The summed E-state index contributed by atoms with van der Waals surface area (Å²) < 4.78 is 5.29. The number of hydrogen-bond donors (Lipinski definition) is 1. The molecule has 0 saturated carbocycles. The molecule has 0 amide bonds. The van der Waals surface area contributed by atoms with E-state index in [9.17, 15) is 0 Å². The Bertz CT molecular complexity index is 542. The van der Waals surface area contributed by atoms with Crippen molar-refractivity contribution in [3.63, 3.8) is 0 Å². The lowest BCUT2D eigenvalue weighted by Crippen LogP contribution is -2.09. The summed E-state index contributed by atoms with van der Waals surface area (Å²) >= 11 is 6.08. The summed E-state index contributed by atoms with van der Waals surface area (Å²) in [6, 6.07) is 16.1. The third kappa shape index (κ3) is 3.49. The van der Waals surface area contributed by atoms with E-state index in [1.807, 2.05) is 30.3 Å². The Hall–Kier alpha value is -1.51. The van der Waals surface area contributed by atoms with Gasteiger partial charge in [0.05, 0.1) is 7.11 Å².